The van der Waals surface area contributed by atoms with E-state index in [0.717, 1.165) is 0 Å². The number of halogens is 3. The molecule has 0 bridgehead atoms. The summed E-state index contributed by atoms with van der Waals surface area (Å²) in [6, 6.07) is 6.69. The van der Waals surface area contributed by atoms with Gasteiger partial charge in [-0.1, -0.05) is 40.9 Å². The molecule has 0 unspecified atom stereocenters. The van der Waals surface area contributed by atoms with Crippen molar-refractivity contribution < 1.29 is 0 Å². The van der Waals surface area contributed by atoms with Crippen molar-refractivity contribution in [3.05, 3.63) is 39.5 Å². The van der Waals surface area contributed by atoms with E-state index in [9.17, 15) is 0 Å². The predicted molar refractivity (Wildman–Crippen MR) is 71.2 cm³/mol. The van der Waals surface area contributed by atoms with Gasteiger partial charge in [0.05, 0.1) is 15.7 Å². The summed E-state index contributed by atoms with van der Waals surface area (Å²) in [5.74, 6) is 0.501. The maximum Gasteiger partial charge on any atom is 0.223 e. The van der Waals surface area contributed by atoms with Crippen molar-refractivity contribution in [1.82, 2.24) is 9.97 Å². The normalized spacial score (nSPS) is 10.3. The number of hydrogen-bond donors (Lipinski definition) is 2. The van der Waals surface area contributed by atoms with Gasteiger partial charge in [0.15, 0.2) is 0 Å². The molecule has 88 valence electrons. The summed E-state index contributed by atoms with van der Waals surface area (Å²) >= 11 is 17.8. The summed E-state index contributed by atoms with van der Waals surface area (Å²) in [6.45, 7) is 0. The molecule has 2 rings (SSSR count). The van der Waals surface area contributed by atoms with Crippen molar-refractivity contribution in [2.75, 3.05) is 11.1 Å². The summed E-state index contributed by atoms with van der Waals surface area (Å²) in [6.07, 6.45) is 0. The molecule has 0 aliphatic heterocycles. The average Bonchev–Trinajstić information content (AvgIpc) is 2.22. The van der Waals surface area contributed by atoms with Crippen LogP contribution in [0.25, 0.3) is 0 Å². The van der Waals surface area contributed by atoms with Crippen molar-refractivity contribution in [2.24, 2.45) is 0 Å². The van der Waals surface area contributed by atoms with Crippen molar-refractivity contribution in [1.29, 1.82) is 0 Å². The largest absolute Gasteiger partial charge is 0.368 e. The van der Waals surface area contributed by atoms with Crippen molar-refractivity contribution in [2.45, 2.75) is 0 Å². The Morgan fingerprint density at radius 1 is 1.06 bits per heavy atom. The lowest BCUT2D eigenvalue weighted by Gasteiger charge is -2.09. The average molecular weight is 290 g/mol. The molecule has 4 nitrogen and oxygen atoms in total. The van der Waals surface area contributed by atoms with E-state index in [4.69, 9.17) is 40.5 Å². The molecule has 0 aliphatic carbocycles. The minimum Gasteiger partial charge on any atom is -0.368 e. The monoisotopic (exact) mass is 288 g/mol. The van der Waals surface area contributed by atoms with E-state index in [-0.39, 0.29) is 11.1 Å². The minimum atomic E-state index is 0.0724. The van der Waals surface area contributed by atoms with Crippen LogP contribution in [-0.2, 0) is 0 Å². The molecule has 0 aliphatic rings. The smallest absolute Gasteiger partial charge is 0.223 e. The van der Waals surface area contributed by atoms with E-state index < -0.39 is 0 Å². The van der Waals surface area contributed by atoms with Crippen LogP contribution in [0.15, 0.2) is 24.3 Å². The van der Waals surface area contributed by atoms with Gasteiger partial charge in [-0.05, 0) is 12.1 Å². The first-order chi connectivity index (χ1) is 8.06. The number of rotatable bonds is 2. The molecule has 0 saturated heterocycles. The summed E-state index contributed by atoms with van der Waals surface area (Å²) in [4.78, 5) is 7.71. The molecule has 0 amide bonds. The molecule has 0 saturated carbocycles. The van der Waals surface area contributed by atoms with E-state index in [1.807, 2.05) is 0 Å². The Hall–Kier alpha value is -1.23. The number of nitrogen functional groups attached to an aromatic ring is 1. The Labute approximate surface area is 113 Å². The zero-order chi connectivity index (χ0) is 12.4. The maximum atomic E-state index is 6.00. The first kappa shape index (κ1) is 12.2. The fourth-order valence-corrected chi connectivity index (χ4v) is 1.93. The number of benzene rings is 1. The molecule has 0 fully saturated rings. The highest BCUT2D eigenvalue weighted by Crippen LogP contribution is 2.32. The third-order valence-corrected chi connectivity index (χ3v) is 2.75. The summed E-state index contributed by atoms with van der Waals surface area (Å²) < 4.78 is 0. The summed E-state index contributed by atoms with van der Waals surface area (Å²) in [7, 11) is 0. The van der Waals surface area contributed by atoms with Gasteiger partial charge in [0, 0.05) is 6.07 Å². The quantitative estimate of drug-likeness (QED) is 0.826. The van der Waals surface area contributed by atoms with Crippen molar-refractivity contribution in [3.8, 4) is 0 Å². The van der Waals surface area contributed by atoms with E-state index in [1.165, 1.54) is 6.07 Å². The lowest BCUT2D eigenvalue weighted by molar-refractivity contribution is 1.18. The molecule has 1 aromatic heterocycles. The highest BCUT2D eigenvalue weighted by molar-refractivity contribution is 6.39. The van der Waals surface area contributed by atoms with Gasteiger partial charge in [0.1, 0.15) is 11.0 Å². The van der Waals surface area contributed by atoms with Gasteiger partial charge < -0.3 is 11.1 Å². The number of nitrogens with two attached hydrogens (primary N) is 1. The molecule has 1 heterocycles. The third kappa shape index (κ3) is 2.91. The predicted octanol–water partition coefficient (Wildman–Crippen LogP) is 3.76. The highest BCUT2D eigenvalue weighted by Gasteiger charge is 2.07. The van der Waals surface area contributed by atoms with Crippen molar-refractivity contribution >= 4 is 52.3 Å². The number of hydrogen-bond acceptors (Lipinski definition) is 4. The fraction of sp³-hybridized carbons (Fsp3) is 0. The number of aromatic nitrogens is 2. The summed E-state index contributed by atoms with van der Waals surface area (Å²) in [5, 5.41) is 4.14. The van der Waals surface area contributed by atoms with Crippen LogP contribution < -0.4 is 11.1 Å². The molecule has 0 radical (unpaired) electrons. The lowest BCUT2D eigenvalue weighted by atomic mass is 10.3. The fourth-order valence-electron chi connectivity index (χ4n) is 1.24. The number of para-hydroxylation sites is 1. The van der Waals surface area contributed by atoms with Crippen LogP contribution >= 0.6 is 34.8 Å². The second-order valence-electron chi connectivity index (χ2n) is 3.16. The molecule has 0 atom stereocenters. The standard InChI is InChI=1S/C10H7Cl3N4/c11-5-2-1-3-6(12)9(5)16-8-4-7(13)15-10(14)17-8/h1-4H,(H3,14,15,16,17). The van der Waals surface area contributed by atoms with Crippen LogP contribution in [-0.4, -0.2) is 9.97 Å². The topological polar surface area (TPSA) is 63.8 Å². The molecule has 2 aromatic rings. The van der Waals surface area contributed by atoms with Crippen LogP contribution in [0, 0.1) is 0 Å². The Balaban J connectivity index is 2.38. The molecule has 17 heavy (non-hydrogen) atoms. The van der Waals surface area contributed by atoms with Gasteiger partial charge >= 0.3 is 0 Å². The van der Waals surface area contributed by atoms with Crippen molar-refractivity contribution in [3.63, 3.8) is 0 Å². The Morgan fingerprint density at radius 2 is 1.71 bits per heavy atom. The SMILES string of the molecule is Nc1nc(Cl)cc(Nc2c(Cl)cccc2Cl)n1. The first-order valence-corrected chi connectivity index (χ1v) is 5.71. The van der Waals surface area contributed by atoms with Crippen LogP contribution in [0.4, 0.5) is 17.5 Å². The van der Waals surface area contributed by atoms with Gasteiger partial charge in [-0.3, -0.25) is 0 Å². The molecule has 0 spiro atoms. The second kappa shape index (κ2) is 4.96. The van der Waals surface area contributed by atoms with Gasteiger partial charge in [-0.15, -0.1) is 0 Å². The van der Waals surface area contributed by atoms with E-state index in [0.29, 0.717) is 21.6 Å². The highest BCUT2D eigenvalue weighted by atomic mass is 35.5. The maximum absolute atomic E-state index is 6.00. The Kier molecular flexibility index (Phi) is 3.57. The zero-order valence-electron chi connectivity index (χ0n) is 8.42. The number of nitrogens with one attached hydrogen (secondary N) is 1. The minimum absolute atomic E-state index is 0.0724. The molecule has 3 N–H and O–H groups in total. The Bertz CT molecular complexity index is 519. The van der Waals surface area contributed by atoms with Gasteiger partial charge in [0.2, 0.25) is 5.95 Å². The van der Waals surface area contributed by atoms with Crippen LogP contribution in [0.5, 0.6) is 0 Å². The van der Waals surface area contributed by atoms with E-state index in [2.05, 4.69) is 15.3 Å². The number of nitrogens with zero attached hydrogens (tertiary/aromatic N) is 2. The van der Waals surface area contributed by atoms with Gasteiger partial charge in [-0.2, -0.15) is 4.98 Å². The molecule has 7 heteroatoms. The van der Waals surface area contributed by atoms with Crippen LogP contribution in [0.2, 0.25) is 15.2 Å². The van der Waals surface area contributed by atoms with Gasteiger partial charge in [-0.25, -0.2) is 4.98 Å². The third-order valence-electron chi connectivity index (χ3n) is 1.93. The molecular weight excluding hydrogens is 282 g/mol. The molecular formula is C10H7Cl3N4. The van der Waals surface area contributed by atoms with E-state index >= 15 is 0 Å². The van der Waals surface area contributed by atoms with Crippen LogP contribution in [0.1, 0.15) is 0 Å². The molecule has 1 aromatic carbocycles. The Morgan fingerprint density at radius 3 is 2.29 bits per heavy atom. The lowest BCUT2D eigenvalue weighted by Crippen LogP contribution is -2.00. The number of anilines is 3. The first-order valence-electron chi connectivity index (χ1n) is 4.57. The zero-order valence-corrected chi connectivity index (χ0v) is 10.7. The van der Waals surface area contributed by atoms with E-state index in [1.54, 1.807) is 18.2 Å². The second-order valence-corrected chi connectivity index (χ2v) is 4.36. The van der Waals surface area contributed by atoms with Gasteiger partial charge in [0.25, 0.3) is 0 Å². The van der Waals surface area contributed by atoms with Crippen LogP contribution in [0.3, 0.4) is 0 Å². The summed E-state index contributed by atoms with van der Waals surface area (Å²) in [5.41, 5.74) is 6.02.